The highest BCUT2D eigenvalue weighted by atomic mass is 16.4. The molecule has 8 nitrogen and oxygen atoms in total. The number of aryl methyl sites for hydroxylation is 2. The Morgan fingerprint density at radius 1 is 1.34 bits per heavy atom. The van der Waals surface area contributed by atoms with E-state index in [9.17, 15) is 14.7 Å². The van der Waals surface area contributed by atoms with Gasteiger partial charge in [-0.2, -0.15) is 0 Å². The van der Waals surface area contributed by atoms with Crippen molar-refractivity contribution in [2.24, 2.45) is 10.9 Å². The van der Waals surface area contributed by atoms with E-state index in [2.05, 4.69) is 32.9 Å². The molecule has 1 aromatic carbocycles. The average molecular weight is 395 g/mol. The minimum Gasteiger partial charge on any atom is -0.481 e. The van der Waals surface area contributed by atoms with Gasteiger partial charge in [0, 0.05) is 19.1 Å². The molecule has 1 aliphatic heterocycles. The SMILES string of the molecule is C=c1nc2c(c(=O)[nH]1)=Nc1cc(C)c(C)cc1N2CCN[C@H]1CCC[C@H]1C(=O)O. The number of nitrogens with zero attached hydrogens (tertiary/aromatic N) is 3. The zero-order valence-corrected chi connectivity index (χ0v) is 16.7. The molecule has 1 saturated carbocycles. The molecule has 3 N–H and O–H groups in total. The molecule has 0 unspecified atom stereocenters. The highest BCUT2D eigenvalue weighted by Crippen LogP contribution is 2.36. The van der Waals surface area contributed by atoms with Crippen LogP contribution in [0.25, 0.3) is 6.58 Å². The van der Waals surface area contributed by atoms with E-state index < -0.39 is 5.97 Å². The number of fused-ring (bicyclic) bond motifs is 2. The van der Waals surface area contributed by atoms with Crippen LogP contribution < -0.4 is 26.6 Å². The summed E-state index contributed by atoms with van der Waals surface area (Å²) in [6.07, 6.45) is 2.49. The standard InChI is InChI=1S/C21H25N5O3/c1-11-9-16-17(10-12(11)2)26(19-18(25-16)20(27)24-13(3)23-19)8-7-22-15-6-4-5-14(15)21(28)29/h9-10,14-15,22H,3-8H2,1-2H3,(H,24,27)(H,28,29)/t14-,15+/m1/s1. The number of hydrogen-bond donors (Lipinski definition) is 3. The molecule has 2 aliphatic rings. The third-order valence-corrected chi connectivity index (χ3v) is 5.87. The Hall–Kier alpha value is -3.00. The number of nitrogens with one attached hydrogen (secondary N) is 2. The third-order valence-electron chi connectivity index (χ3n) is 5.87. The number of aromatic amines is 1. The van der Waals surface area contributed by atoms with Gasteiger partial charge in [0.2, 0.25) is 0 Å². The van der Waals surface area contributed by atoms with E-state index in [1.807, 2.05) is 24.8 Å². The third kappa shape index (κ3) is 3.55. The number of aromatic nitrogens is 2. The summed E-state index contributed by atoms with van der Waals surface area (Å²) >= 11 is 0. The number of carboxylic acids is 1. The van der Waals surface area contributed by atoms with Gasteiger partial charge >= 0.3 is 5.97 Å². The van der Waals surface area contributed by atoms with Crippen molar-refractivity contribution in [3.05, 3.63) is 44.5 Å². The molecule has 8 heteroatoms. The predicted octanol–water partition coefficient (Wildman–Crippen LogP) is 1.04. The first-order valence-electron chi connectivity index (χ1n) is 9.88. The van der Waals surface area contributed by atoms with E-state index >= 15 is 0 Å². The zero-order chi connectivity index (χ0) is 20.7. The molecule has 0 saturated heterocycles. The highest BCUT2D eigenvalue weighted by molar-refractivity contribution is 5.77. The lowest BCUT2D eigenvalue weighted by atomic mass is 10.0. The molecule has 0 amide bonds. The summed E-state index contributed by atoms with van der Waals surface area (Å²) in [5.41, 5.74) is 3.82. The molecule has 29 heavy (non-hydrogen) atoms. The summed E-state index contributed by atoms with van der Waals surface area (Å²) in [6.45, 7) is 8.93. The molecule has 4 rings (SSSR count). The first-order valence-corrected chi connectivity index (χ1v) is 9.88. The second-order valence-electron chi connectivity index (χ2n) is 7.81. The van der Waals surface area contributed by atoms with Crippen molar-refractivity contribution in [3.8, 4) is 0 Å². The zero-order valence-electron chi connectivity index (χ0n) is 16.7. The van der Waals surface area contributed by atoms with Crippen LogP contribution in [0.15, 0.2) is 21.9 Å². The van der Waals surface area contributed by atoms with Crippen molar-refractivity contribution >= 4 is 29.7 Å². The normalized spacial score (nSPS) is 20.1. The van der Waals surface area contributed by atoms with E-state index in [1.165, 1.54) is 0 Å². The second kappa shape index (κ2) is 7.44. The van der Waals surface area contributed by atoms with Crippen LogP contribution in [0, 0.1) is 19.8 Å². The van der Waals surface area contributed by atoms with Crippen molar-refractivity contribution in [3.63, 3.8) is 0 Å². The van der Waals surface area contributed by atoms with Crippen LogP contribution in [-0.2, 0) is 4.79 Å². The molecule has 0 bridgehead atoms. The first-order chi connectivity index (χ1) is 13.8. The quantitative estimate of drug-likeness (QED) is 0.698. The number of H-pyrrole nitrogens is 1. The highest BCUT2D eigenvalue weighted by Gasteiger charge is 2.32. The van der Waals surface area contributed by atoms with Gasteiger partial charge in [-0.15, -0.1) is 0 Å². The van der Waals surface area contributed by atoms with Crippen LogP contribution in [0.3, 0.4) is 0 Å². The van der Waals surface area contributed by atoms with E-state index in [0.29, 0.717) is 25.3 Å². The van der Waals surface area contributed by atoms with Crippen molar-refractivity contribution in [1.82, 2.24) is 15.3 Å². The minimum absolute atomic E-state index is 0.0313. The largest absolute Gasteiger partial charge is 0.481 e. The van der Waals surface area contributed by atoms with Crippen LogP contribution in [0.5, 0.6) is 0 Å². The van der Waals surface area contributed by atoms with Crippen molar-refractivity contribution in [1.29, 1.82) is 0 Å². The molecule has 2 atom stereocenters. The summed E-state index contributed by atoms with van der Waals surface area (Å²) in [5.74, 6) is -0.603. The van der Waals surface area contributed by atoms with Gasteiger partial charge in [-0.05, 0) is 49.9 Å². The Balaban J connectivity index is 1.67. The van der Waals surface area contributed by atoms with Gasteiger partial charge in [-0.25, -0.2) is 9.98 Å². The number of hydrogen-bond acceptors (Lipinski definition) is 6. The summed E-state index contributed by atoms with van der Waals surface area (Å²) in [6, 6.07) is 4.00. The van der Waals surface area contributed by atoms with Crippen LogP contribution in [0.2, 0.25) is 0 Å². The maximum absolute atomic E-state index is 12.5. The topological polar surface area (TPSA) is 111 Å². The monoisotopic (exact) mass is 395 g/mol. The van der Waals surface area contributed by atoms with Gasteiger partial charge in [0.05, 0.1) is 17.3 Å². The van der Waals surface area contributed by atoms with Crippen molar-refractivity contribution < 1.29 is 9.90 Å². The number of anilines is 2. The molecular weight excluding hydrogens is 370 g/mol. The fourth-order valence-corrected chi connectivity index (χ4v) is 4.20. The first kappa shape index (κ1) is 19.3. The summed E-state index contributed by atoms with van der Waals surface area (Å²) in [7, 11) is 0. The fourth-order valence-electron chi connectivity index (χ4n) is 4.20. The Labute approximate surface area is 168 Å². The lowest BCUT2D eigenvalue weighted by molar-refractivity contribution is -0.142. The number of benzene rings is 1. The number of rotatable bonds is 5. The number of carboxylic acid groups (broad SMARTS) is 1. The summed E-state index contributed by atoms with van der Waals surface area (Å²) < 4.78 is 0. The van der Waals surface area contributed by atoms with Gasteiger partial charge in [0.1, 0.15) is 5.48 Å². The van der Waals surface area contributed by atoms with Crippen LogP contribution >= 0.6 is 0 Å². The van der Waals surface area contributed by atoms with E-state index in [0.717, 1.165) is 35.3 Å². The second-order valence-corrected chi connectivity index (χ2v) is 7.81. The molecule has 1 aromatic heterocycles. The van der Waals surface area contributed by atoms with Gasteiger partial charge < -0.3 is 20.3 Å². The fraction of sp³-hybridized carbons (Fsp3) is 0.429. The molecule has 1 aliphatic carbocycles. The maximum Gasteiger partial charge on any atom is 0.308 e. The molecular formula is C21H25N5O3. The van der Waals surface area contributed by atoms with Gasteiger partial charge in [-0.3, -0.25) is 9.59 Å². The molecule has 0 spiro atoms. The lowest BCUT2D eigenvalue weighted by Gasteiger charge is -2.29. The summed E-state index contributed by atoms with van der Waals surface area (Å²) in [5, 5.41) is 13.1. The van der Waals surface area contributed by atoms with Gasteiger partial charge in [-0.1, -0.05) is 13.0 Å². The van der Waals surface area contributed by atoms with Crippen LogP contribution in [0.1, 0.15) is 30.4 Å². The van der Waals surface area contributed by atoms with E-state index in [-0.39, 0.29) is 28.4 Å². The van der Waals surface area contributed by atoms with Gasteiger partial charge in [0.15, 0.2) is 11.2 Å². The number of carbonyl (C=O) groups is 1. The van der Waals surface area contributed by atoms with Crippen LogP contribution in [0.4, 0.5) is 17.2 Å². The van der Waals surface area contributed by atoms with Crippen molar-refractivity contribution in [2.45, 2.75) is 39.2 Å². The average Bonchev–Trinajstić information content (AvgIpc) is 3.12. The van der Waals surface area contributed by atoms with Crippen LogP contribution in [-0.4, -0.2) is 40.2 Å². The Bertz CT molecular complexity index is 1140. The van der Waals surface area contributed by atoms with Crippen molar-refractivity contribution in [2.75, 3.05) is 18.0 Å². The molecule has 0 radical (unpaired) electrons. The minimum atomic E-state index is -0.742. The lowest BCUT2D eigenvalue weighted by Crippen LogP contribution is -2.45. The number of aliphatic carboxylic acids is 1. The predicted molar refractivity (Wildman–Crippen MR) is 111 cm³/mol. The molecule has 2 heterocycles. The van der Waals surface area contributed by atoms with Gasteiger partial charge in [0.25, 0.3) is 5.56 Å². The summed E-state index contributed by atoms with van der Waals surface area (Å²) in [4.78, 5) is 37.5. The van der Waals surface area contributed by atoms with E-state index in [1.54, 1.807) is 0 Å². The molecule has 152 valence electrons. The molecule has 1 fully saturated rings. The molecule has 2 aromatic rings. The Morgan fingerprint density at radius 2 is 2.10 bits per heavy atom. The maximum atomic E-state index is 12.5. The Morgan fingerprint density at radius 3 is 2.86 bits per heavy atom. The Kier molecular flexibility index (Phi) is 4.96. The smallest absolute Gasteiger partial charge is 0.308 e. The van der Waals surface area contributed by atoms with E-state index in [4.69, 9.17) is 0 Å².